The van der Waals surface area contributed by atoms with Crippen LogP contribution in [0.4, 0.5) is 17.1 Å². The van der Waals surface area contributed by atoms with Crippen LogP contribution in [0.1, 0.15) is 0 Å². The molecule has 0 atom stereocenters. The lowest BCUT2D eigenvalue weighted by Crippen LogP contribution is -2.30. The molecular weight excluding hydrogens is 353 g/mol. The average Bonchev–Trinajstić information content (AvgIpc) is 2.56. The molecule has 0 saturated heterocycles. The van der Waals surface area contributed by atoms with Crippen molar-refractivity contribution in [3.63, 3.8) is 0 Å². The molecule has 0 aliphatic heterocycles. The summed E-state index contributed by atoms with van der Waals surface area (Å²) < 4.78 is 0.787. The SMILES string of the molecule is OB(O)c1cc(Br)cc(N(c2ccccc2)c2ccccc2)c1. The van der Waals surface area contributed by atoms with Crippen LogP contribution in [0.25, 0.3) is 0 Å². The normalized spacial score (nSPS) is 10.4. The molecule has 5 heteroatoms. The van der Waals surface area contributed by atoms with Crippen LogP contribution in [0, 0.1) is 0 Å². The molecule has 114 valence electrons. The maximum atomic E-state index is 9.51. The molecule has 0 fully saturated rings. The summed E-state index contributed by atoms with van der Waals surface area (Å²) in [6.07, 6.45) is 0. The first-order valence-electron chi connectivity index (χ1n) is 7.22. The summed E-state index contributed by atoms with van der Waals surface area (Å²) in [5, 5.41) is 19.0. The molecule has 3 aromatic carbocycles. The van der Waals surface area contributed by atoms with Crippen LogP contribution in [0.2, 0.25) is 0 Å². The molecule has 0 aromatic heterocycles. The van der Waals surface area contributed by atoms with Gasteiger partial charge in [0.2, 0.25) is 0 Å². The van der Waals surface area contributed by atoms with Crippen LogP contribution in [0.15, 0.2) is 83.3 Å². The summed E-state index contributed by atoms with van der Waals surface area (Å²) >= 11 is 3.45. The molecule has 0 unspecified atom stereocenters. The molecule has 3 aromatic rings. The highest BCUT2D eigenvalue weighted by molar-refractivity contribution is 9.10. The second-order valence-electron chi connectivity index (χ2n) is 5.12. The van der Waals surface area contributed by atoms with Crippen LogP contribution in [-0.4, -0.2) is 17.2 Å². The van der Waals surface area contributed by atoms with E-state index in [4.69, 9.17) is 0 Å². The summed E-state index contributed by atoms with van der Waals surface area (Å²) in [6, 6.07) is 25.3. The van der Waals surface area contributed by atoms with Crippen molar-refractivity contribution in [1.29, 1.82) is 0 Å². The second kappa shape index (κ2) is 7.00. The summed E-state index contributed by atoms with van der Waals surface area (Å²) in [5.41, 5.74) is 3.27. The molecule has 0 amide bonds. The monoisotopic (exact) mass is 367 g/mol. The zero-order valence-corrected chi connectivity index (χ0v) is 13.9. The number of rotatable bonds is 4. The quantitative estimate of drug-likeness (QED) is 0.692. The van der Waals surface area contributed by atoms with Crippen LogP contribution >= 0.6 is 15.9 Å². The van der Waals surface area contributed by atoms with E-state index in [2.05, 4.69) is 20.8 Å². The van der Waals surface area contributed by atoms with Crippen molar-refractivity contribution in [3.05, 3.63) is 83.3 Å². The highest BCUT2D eigenvalue weighted by atomic mass is 79.9. The van der Waals surface area contributed by atoms with Gasteiger partial charge < -0.3 is 14.9 Å². The number of hydrogen-bond donors (Lipinski definition) is 2. The zero-order chi connectivity index (χ0) is 16.2. The molecule has 0 aliphatic rings. The van der Waals surface area contributed by atoms with Gasteiger partial charge in [-0.25, -0.2) is 0 Å². The van der Waals surface area contributed by atoms with Crippen molar-refractivity contribution in [2.24, 2.45) is 0 Å². The predicted octanol–water partition coefficient (Wildman–Crippen LogP) is 3.60. The smallest absolute Gasteiger partial charge is 0.423 e. The van der Waals surface area contributed by atoms with Crippen molar-refractivity contribution in [2.75, 3.05) is 4.90 Å². The molecule has 3 rings (SSSR count). The highest BCUT2D eigenvalue weighted by Gasteiger charge is 2.17. The lowest BCUT2D eigenvalue weighted by atomic mass is 9.80. The predicted molar refractivity (Wildman–Crippen MR) is 98.7 cm³/mol. The van der Waals surface area contributed by atoms with E-state index in [-0.39, 0.29) is 0 Å². The summed E-state index contributed by atoms with van der Waals surface area (Å²) in [4.78, 5) is 2.07. The van der Waals surface area contributed by atoms with Crippen LogP contribution in [0.3, 0.4) is 0 Å². The second-order valence-corrected chi connectivity index (χ2v) is 6.04. The number of para-hydroxylation sites is 2. The third-order valence-electron chi connectivity index (χ3n) is 3.49. The average molecular weight is 368 g/mol. The number of hydrogen-bond acceptors (Lipinski definition) is 3. The van der Waals surface area contributed by atoms with Gasteiger partial charge in [0.05, 0.1) is 0 Å². The fraction of sp³-hybridized carbons (Fsp3) is 0. The highest BCUT2D eigenvalue weighted by Crippen LogP contribution is 2.34. The Balaban J connectivity index is 2.17. The molecule has 0 radical (unpaired) electrons. The Labute approximate surface area is 144 Å². The first-order valence-corrected chi connectivity index (χ1v) is 8.01. The van der Waals surface area contributed by atoms with Gasteiger partial charge in [0.1, 0.15) is 0 Å². The van der Waals surface area contributed by atoms with Gasteiger partial charge in [-0.2, -0.15) is 0 Å². The maximum Gasteiger partial charge on any atom is 0.488 e. The summed E-state index contributed by atoms with van der Waals surface area (Å²) in [5.74, 6) is 0. The lowest BCUT2D eigenvalue weighted by Gasteiger charge is -2.26. The number of anilines is 3. The molecular formula is C18H15BBrNO2. The molecule has 0 bridgehead atoms. The van der Waals surface area contributed by atoms with Gasteiger partial charge in [-0.15, -0.1) is 0 Å². The van der Waals surface area contributed by atoms with Crippen molar-refractivity contribution in [3.8, 4) is 0 Å². The Kier molecular flexibility index (Phi) is 4.81. The van der Waals surface area contributed by atoms with Gasteiger partial charge in [-0.05, 0) is 47.9 Å². The molecule has 0 aliphatic carbocycles. The van der Waals surface area contributed by atoms with E-state index < -0.39 is 7.12 Å². The Hall–Kier alpha value is -2.08. The largest absolute Gasteiger partial charge is 0.488 e. The lowest BCUT2D eigenvalue weighted by molar-refractivity contribution is 0.426. The Morgan fingerprint density at radius 1 is 0.696 bits per heavy atom. The number of benzene rings is 3. The molecule has 0 heterocycles. The first-order chi connectivity index (χ1) is 11.1. The number of halogens is 1. The van der Waals surface area contributed by atoms with E-state index >= 15 is 0 Å². The molecule has 3 nitrogen and oxygen atoms in total. The van der Waals surface area contributed by atoms with Crippen LogP contribution in [0.5, 0.6) is 0 Å². The third kappa shape index (κ3) is 3.64. The molecule has 2 N–H and O–H groups in total. The first kappa shape index (κ1) is 15.8. The van der Waals surface area contributed by atoms with Gasteiger partial charge in [-0.1, -0.05) is 52.3 Å². The van der Waals surface area contributed by atoms with Gasteiger partial charge in [0.25, 0.3) is 0 Å². The van der Waals surface area contributed by atoms with Crippen molar-refractivity contribution >= 4 is 45.6 Å². The van der Waals surface area contributed by atoms with Gasteiger partial charge >= 0.3 is 7.12 Å². The third-order valence-corrected chi connectivity index (χ3v) is 3.95. The van der Waals surface area contributed by atoms with E-state index in [9.17, 15) is 10.0 Å². The summed E-state index contributed by atoms with van der Waals surface area (Å²) in [6.45, 7) is 0. The topological polar surface area (TPSA) is 43.7 Å². The summed E-state index contributed by atoms with van der Waals surface area (Å²) in [7, 11) is -1.51. The van der Waals surface area contributed by atoms with E-state index in [1.54, 1.807) is 12.1 Å². The fourth-order valence-electron chi connectivity index (χ4n) is 2.48. The Morgan fingerprint density at radius 3 is 1.70 bits per heavy atom. The van der Waals surface area contributed by atoms with Crippen LogP contribution in [-0.2, 0) is 0 Å². The zero-order valence-electron chi connectivity index (χ0n) is 12.3. The standard InChI is InChI=1S/C18H15BBrNO2/c20-15-11-14(19(22)23)12-18(13-15)21(16-7-3-1-4-8-16)17-9-5-2-6-10-17/h1-13,22-23H. The van der Waals surface area contributed by atoms with Crippen LogP contribution < -0.4 is 10.4 Å². The van der Waals surface area contributed by atoms with Gasteiger partial charge in [0.15, 0.2) is 0 Å². The van der Waals surface area contributed by atoms with E-state index in [1.807, 2.05) is 66.7 Å². The minimum Gasteiger partial charge on any atom is -0.423 e. The Bertz CT molecular complexity index is 742. The van der Waals surface area contributed by atoms with E-state index in [0.717, 1.165) is 21.5 Å². The minimum absolute atomic E-state index is 0.436. The van der Waals surface area contributed by atoms with Crippen molar-refractivity contribution < 1.29 is 10.0 Å². The van der Waals surface area contributed by atoms with Gasteiger partial charge in [0, 0.05) is 21.5 Å². The molecule has 0 saturated carbocycles. The van der Waals surface area contributed by atoms with Gasteiger partial charge in [-0.3, -0.25) is 0 Å². The molecule has 0 spiro atoms. The van der Waals surface area contributed by atoms with E-state index in [0.29, 0.717) is 5.46 Å². The van der Waals surface area contributed by atoms with Crippen molar-refractivity contribution in [1.82, 2.24) is 0 Å². The fourth-order valence-corrected chi connectivity index (χ4v) is 2.97. The minimum atomic E-state index is -1.51. The molecule has 23 heavy (non-hydrogen) atoms. The Morgan fingerprint density at radius 2 is 1.22 bits per heavy atom. The van der Waals surface area contributed by atoms with E-state index in [1.165, 1.54) is 0 Å². The van der Waals surface area contributed by atoms with Crippen molar-refractivity contribution in [2.45, 2.75) is 0 Å². The maximum absolute atomic E-state index is 9.51. The number of nitrogens with zero attached hydrogens (tertiary/aromatic N) is 1.